The van der Waals surface area contributed by atoms with Gasteiger partial charge in [-0.3, -0.25) is 0 Å². The summed E-state index contributed by atoms with van der Waals surface area (Å²) in [4.78, 5) is 0.367. The molecule has 2 rings (SSSR count). The van der Waals surface area contributed by atoms with E-state index in [1.54, 1.807) is 12.1 Å². The van der Waals surface area contributed by atoms with Crippen molar-refractivity contribution in [3.05, 3.63) is 29.8 Å². The van der Waals surface area contributed by atoms with E-state index in [0.717, 1.165) is 32.4 Å². The first-order chi connectivity index (χ1) is 10.4. The zero-order valence-electron chi connectivity index (χ0n) is 13.8. The molecule has 0 aliphatic carbocycles. The molecule has 124 valence electrons. The van der Waals surface area contributed by atoms with Gasteiger partial charge in [0.15, 0.2) is 0 Å². The molecule has 1 aliphatic rings. The van der Waals surface area contributed by atoms with E-state index < -0.39 is 10.0 Å². The molecule has 0 aromatic heterocycles. The second kappa shape index (κ2) is 7.57. The van der Waals surface area contributed by atoms with Crippen LogP contribution in [0.5, 0.6) is 0 Å². The lowest BCUT2D eigenvalue weighted by atomic mass is 9.97. The summed E-state index contributed by atoms with van der Waals surface area (Å²) in [6, 6.07) is 7.34. The van der Waals surface area contributed by atoms with Gasteiger partial charge in [0.2, 0.25) is 10.0 Å². The lowest BCUT2D eigenvalue weighted by Gasteiger charge is -2.29. The summed E-state index contributed by atoms with van der Waals surface area (Å²) in [5.41, 5.74) is 1.20. The fourth-order valence-corrected chi connectivity index (χ4v) is 4.13. The molecule has 1 aliphatic heterocycles. The number of piperidine rings is 1. The van der Waals surface area contributed by atoms with Gasteiger partial charge >= 0.3 is 0 Å². The molecular formula is C17H28N2O2S. The van der Waals surface area contributed by atoms with Crippen molar-refractivity contribution in [3.8, 4) is 0 Å². The van der Waals surface area contributed by atoms with Crippen LogP contribution in [0.25, 0.3) is 0 Å². The summed E-state index contributed by atoms with van der Waals surface area (Å²) in [5.74, 6) is 0.973. The van der Waals surface area contributed by atoms with Gasteiger partial charge in [0.25, 0.3) is 0 Å². The van der Waals surface area contributed by atoms with Crippen LogP contribution in [-0.4, -0.2) is 27.5 Å². The molecule has 2 N–H and O–H groups in total. The average molecular weight is 324 g/mol. The highest BCUT2D eigenvalue weighted by Crippen LogP contribution is 2.17. The molecule has 2 atom stereocenters. The molecule has 5 heteroatoms. The van der Waals surface area contributed by atoms with Crippen molar-refractivity contribution in [2.45, 2.75) is 51.0 Å². The molecule has 4 nitrogen and oxygen atoms in total. The third-order valence-electron chi connectivity index (χ3n) is 4.34. The molecular weight excluding hydrogens is 296 g/mol. The maximum absolute atomic E-state index is 12.5. The monoisotopic (exact) mass is 324 g/mol. The molecule has 0 bridgehead atoms. The summed E-state index contributed by atoms with van der Waals surface area (Å²) in [7, 11) is -3.42. The summed E-state index contributed by atoms with van der Waals surface area (Å²) in [6.45, 7) is 8.20. The van der Waals surface area contributed by atoms with Crippen molar-refractivity contribution in [2.75, 3.05) is 13.1 Å². The van der Waals surface area contributed by atoms with Gasteiger partial charge in [0.1, 0.15) is 0 Å². The zero-order valence-corrected chi connectivity index (χ0v) is 14.6. The van der Waals surface area contributed by atoms with Gasteiger partial charge in [-0.25, -0.2) is 13.1 Å². The number of aryl methyl sites for hydroxylation is 1. The predicted octanol–water partition coefficient (Wildman–Crippen LogP) is 2.55. The number of benzene rings is 1. The Morgan fingerprint density at radius 1 is 1.27 bits per heavy atom. The van der Waals surface area contributed by atoms with Crippen LogP contribution in [0.4, 0.5) is 0 Å². The molecule has 0 amide bonds. The van der Waals surface area contributed by atoms with Gasteiger partial charge < -0.3 is 5.32 Å². The molecule has 1 fully saturated rings. The highest BCUT2D eigenvalue weighted by Gasteiger charge is 2.26. The Morgan fingerprint density at radius 3 is 2.55 bits per heavy atom. The van der Waals surface area contributed by atoms with Gasteiger partial charge in [0, 0.05) is 6.04 Å². The molecule has 22 heavy (non-hydrogen) atoms. The fraction of sp³-hybridized carbons (Fsp3) is 0.647. The predicted molar refractivity (Wildman–Crippen MR) is 90.4 cm³/mol. The van der Waals surface area contributed by atoms with Gasteiger partial charge in [-0.1, -0.05) is 32.9 Å². The van der Waals surface area contributed by atoms with Crippen LogP contribution in [0.2, 0.25) is 0 Å². The first-order valence-corrected chi connectivity index (χ1v) is 9.69. The van der Waals surface area contributed by atoms with E-state index in [-0.39, 0.29) is 6.04 Å². The topological polar surface area (TPSA) is 58.2 Å². The van der Waals surface area contributed by atoms with Crippen molar-refractivity contribution in [1.29, 1.82) is 0 Å². The van der Waals surface area contributed by atoms with Crippen LogP contribution >= 0.6 is 0 Å². The SMILES string of the molecule is CC(C)CCc1ccc(S(=O)(=O)NC2CCNCC2C)cc1. The van der Waals surface area contributed by atoms with Crippen LogP contribution in [0.15, 0.2) is 29.2 Å². The smallest absolute Gasteiger partial charge is 0.240 e. The Bertz CT molecular complexity index is 567. The van der Waals surface area contributed by atoms with Crippen LogP contribution in [0.3, 0.4) is 0 Å². The number of sulfonamides is 1. The summed E-state index contributed by atoms with van der Waals surface area (Å²) in [6.07, 6.45) is 2.96. The maximum Gasteiger partial charge on any atom is 0.240 e. The van der Waals surface area contributed by atoms with Crippen molar-refractivity contribution in [3.63, 3.8) is 0 Å². The minimum absolute atomic E-state index is 0.0202. The van der Waals surface area contributed by atoms with Crippen molar-refractivity contribution in [2.24, 2.45) is 11.8 Å². The molecule has 1 saturated heterocycles. The van der Waals surface area contributed by atoms with Gasteiger partial charge in [-0.15, -0.1) is 0 Å². The van der Waals surface area contributed by atoms with Crippen LogP contribution in [0.1, 0.15) is 39.2 Å². The second-order valence-electron chi connectivity index (χ2n) is 6.77. The largest absolute Gasteiger partial charge is 0.316 e. The van der Waals surface area contributed by atoms with E-state index in [1.807, 2.05) is 12.1 Å². The quantitative estimate of drug-likeness (QED) is 0.845. The van der Waals surface area contributed by atoms with Crippen LogP contribution in [-0.2, 0) is 16.4 Å². The molecule has 1 aromatic rings. The minimum Gasteiger partial charge on any atom is -0.316 e. The zero-order chi connectivity index (χ0) is 16.2. The van der Waals surface area contributed by atoms with Crippen molar-refractivity contribution >= 4 is 10.0 Å². The number of hydrogen-bond donors (Lipinski definition) is 2. The Balaban J connectivity index is 2.02. The average Bonchev–Trinajstić information content (AvgIpc) is 2.48. The normalized spacial score (nSPS) is 22.9. The molecule has 1 aromatic carbocycles. The number of nitrogens with one attached hydrogen (secondary N) is 2. The maximum atomic E-state index is 12.5. The van der Waals surface area contributed by atoms with E-state index in [2.05, 4.69) is 30.8 Å². The Hall–Kier alpha value is -0.910. The summed E-state index contributed by atoms with van der Waals surface area (Å²) < 4.78 is 27.8. The molecule has 0 saturated carbocycles. The second-order valence-corrected chi connectivity index (χ2v) is 8.49. The number of hydrogen-bond acceptors (Lipinski definition) is 3. The number of rotatable bonds is 6. The highest BCUT2D eigenvalue weighted by molar-refractivity contribution is 7.89. The Labute approximate surface area is 134 Å². The van der Waals surface area contributed by atoms with E-state index in [4.69, 9.17) is 0 Å². The molecule has 2 unspecified atom stereocenters. The minimum atomic E-state index is -3.42. The first-order valence-electron chi connectivity index (χ1n) is 8.20. The summed E-state index contributed by atoms with van der Waals surface area (Å²) in [5, 5.41) is 3.29. The van der Waals surface area contributed by atoms with E-state index in [0.29, 0.717) is 16.7 Å². The van der Waals surface area contributed by atoms with E-state index >= 15 is 0 Å². The third-order valence-corrected chi connectivity index (χ3v) is 5.84. The first kappa shape index (κ1) is 17.4. The molecule has 1 heterocycles. The van der Waals surface area contributed by atoms with E-state index in [1.165, 1.54) is 5.56 Å². The van der Waals surface area contributed by atoms with Crippen LogP contribution < -0.4 is 10.0 Å². The lowest BCUT2D eigenvalue weighted by molar-refractivity contribution is 0.328. The highest BCUT2D eigenvalue weighted by atomic mass is 32.2. The van der Waals surface area contributed by atoms with E-state index in [9.17, 15) is 8.42 Å². The summed E-state index contributed by atoms with van der Waals surface area (Å²) >= 11 is 0. The van der Waals surface area contributed by atoms with Crippen molar-refractivity contribution in [1.82, 2.24) is 10.0 Å². The van der Waals surface area contributed by atoms with Gasteiger partial charge in [0.05, 0.1) is 4.90 Å². The van der Waals surface area contributed by atoms with Crippen LogP contribution in [0, 0.1) is 11.8 Å². The van der Waals surface area contributed by atoms with Gasteiger partial charge in [-0.2, -0.15) is 0 Å². The lowest BCUT2D eigenvalue weighted by Crippen LogP contribution is -2.48. The van der Waals surface area contributed by atoms with Gasteiger partial charge in [-0.05, 0) is 61.9 Å². The molecule has 0 radical (unpaired) electrons. The third kappa shape index (κ3) is 4.80. The molecule has 0 spiro atoms. The fourth-order valence-electron chi connectivity index (χ4n) is 2.75. The Kier molecular flexibility index (Phi) is 6.01. The Morgan fingerprint density at radius 2 is 1.95 bits per heavy atom. The standard InChI is InChI=1S/C17H28N2O2S/c1-13(2)4-5-15-6-8-16(9-7-15)22(20,21)19-17-10-11-18-12-14(17)3/h6-9,13-14,17-19H,4-5,10-12H2,1-3H3. The van der Waals surface area contributed by atoms with Crippen molar-refractivity contribution < 1.29 is 8.42 Å².